The molecular weight excluding hydrogens is 594 g/mol. The van der Waals surface area contributed by atoms with Gasteiger partial charge in [0, 0.05) is 20.3 Å². The van der Waals surface area contributed by atoms with Crippen molar-refractivity contribution in [2.45, 2.75) is 32.7 Å². The molecule has 20 heavy (non-hydrogen) atoms. The van der Waals surface area contributed by atoms with Crippen LogP contribution in [-0.2, 0) is 9.09 Å². The fourth-order valence-corrected chi connectivity index (χ4v) is 4.59. The van der Waals surface area contributed by atoms with Crippen LogP contribution in [0.1, 0.15) is 12.8 Å². The summed E-state index contributed by atoms with van der Waals surface area (Å²) in [4.78, 5) is 16.8. The maximum atomic E-state index is 10.8. The zero-order chi connectivity index (χ0) is 16.0. The third kappa shape index (κ3) is 9.68. The van der Waals surface area contributed by atoms with E-state index >= 15 is 0 Å². The summed E-state index contributed by atoms with van der Waals surface area (Å²) in [5.74, 6) is 0. The monoisotopic (exact) mass is 604 g/mol. The third-order valence-electron chi connectivity index (χ3n) is 2.41. The average Bonchev–Trinajstić information content (AvgIpc) is 2.34. The molecule has 0 saturated heterocycles. The summed E-state index contributed by atoms with van der Waals surface area (Å²) in [5, 5.41) is 0.632. The van der Waals surface area contributed by atoms with Crippen molar-refractivity contribution in [2.24, 2.45) is 0 Å². The fourth-order valence-electron chi connectivity index (χ4n) is 1.50. The molecule has 11 heteroatoms. The van der Waals surface area contributed by atoms with Crippen LogP contribution in [0.5, 0.6) is 0 Å². The van der Waals surface area contributed by atoms with Crippen molar-refractivity contribution in [3.05, 3.63) is 0 Å². The highest BCUT2D eigenvalue weighted by Gasteiger charge is 2.40. The molecule has 0 heterocycles. The topological polar surface area (TPSA) is 66.8 Å². The second kappa shape index (κ2) is 10.5. The molecule has 122 valence electrons. The van der Waals surface area contributed by atoms with E-state index in [1.807, 2.05) is 0 Å². The summed E-state index contributed by atoms with van der Waals surface area (Å²) in [5.41, 5.74) is 0. The molecule has 0 spiro atoms. The Morgan fingerprint density at radius 2 is 1.55 bits per heavy atom. The number of phosphoric ester groups is 1. The van der Waals surface area contributed by atoms with Gasteiger partial charge in [-0.25, -0.2) is 4.57 Å². The van der Waals surface area contributed by atoms with Crippen LogP contribution >= 0.6 is 94.7 Å². The maximum Gasteiger partial charge on any atom is 0.469 e. The predicted molar refractivity (Wildman–Crippen MR) is 98.5 cm³/mol. The van der Waals surface area contributed by atoms with Crippen molar-refractivity contribution in [3.8, 4) is 0 Å². The highest BCUT2D eigenvalue weighted by Crippen LogP contribution is 2.42. The van der Waals surface area contributed by atoms with Crippen LogP contribution in [0.15, 0.2) is 0 Å². The molecule has 0 rings (SSSR count). The van der Waals surface area contributed by atoms with Crippen LogP contribution in [0.3, 0.4) is 0 Å². The molecule has 0 aromatic carbocycles. The Hall–Kier alpha value is 2.61. The minimum atomic E-state index is -4.56. The summed E-state index contributed by atoms with van der Waals surface area (Å²) in [6.45, 7) is -0.320. The van der Waals surface area contributed by atoms with Crippen LogP contribution in [0.2, 0.25) is 0 Å². The van der Waals surface area contributed by atoms with E-state index in [4.69, 9.17) is 33.0 Å². The Morgan fingerprint density at radius 3 is 1.85 bits per heavy atom. The molecule has 0 aliphatic rings. The molecule has 0 aromatic heterocycles. The van der Waals surface area contributed by atoms with E-state index in [2.05, 4.69) is 68.2 Å². The molecule has 0 aromatic rings. The lowest BCUT2D eigenvalue weighted by Gasteiger charge is -2.34. The van der Waals surface area contributed by atoms with Gasteiger partial charge in [-0.2, -0.15) is 0 Å². The van der Waals surface area contributed by atoms with Crippen molar-refractivity contribution in [1.29, 1.82) is 0 Å². The Labute approximate surface area is 162 Å². The molecule has 0 unspecified atom stereocenters. The number of hydrogen-bond donors (Lipinski definition) is 2. The Bertz CT molecular complexity index is 321. The Balaban J connectivity index is 4.84. The molecule has 0 aliphatic heterocycles. The summed E-state index contributed by atoms with van der Waals surface area (Å²) >= 11 is 26.5. The SMILES string of the molecule is O=P(O)(O)OC[C@H](Cl)C(Cl)(C[C@H](Br)CBr)C[C@H](Br)CBr. The zero-order valence-corrected chi connectivity index (χ0v) is 18.9. The minimum Gasteiger partial charge on any atom is -0.303 e. The van der Waals surface area contributed by atoms with E-state index < -0.39 is 18.1 Å². The number of halogens is 6. The molecular formula is C9H15Br4Cl2O4P. The molecule has 0 radical (unpaired) electrons. The van der Waals surface area contributed by atoms with Gasteiger partial charge in [0.25, 0.3) is 0 Å². The van der Waals surface area contributed by atoms with E-state index in [9.17, 15) is 4.57 Å². The summed E-state index contributed by atoms with van der Waals surface area (Å²) in [7, 11) is -4.56. The van der Waals surface area contributed by atoms with E-state index in [0.29, 0.717) is 23.5 Å². The van der Waals surface area contributed by atoms with Gasteiger partial charge in [-0.3, -0.25) is 4.52 Å². The van der Waals surface area contributed by atoms with Crippen LogP contribution in [0.4, 0.5) is 0 Å². The Morgan fingerprint density at radius 1 is 1.15 bits per heavy atom. The van der Waals surface area contributed by atoms with Crippen LogP contribution in [0, 0.1) is 0 Å². The van der Waals surface area contributed by atoms with Gasteiger partial charge in [0.15, 0.2) is 0 Å². The third-order valence-corrected chi connectivity index (χ3v) is 8.72. The highest BCUT2D eigenvalue weighted by atomic mass is 79.9. The van der Waals surface area contributed by atoms with Gasteiger partial charge in [-0.05, 0) is 12.8 Å². The largest absolute Gasteiger partial charge is 0.469 e. The number of hydrogen-bond acceptors (Lipinski definition) is 2. The smallest absolute Gasteiger partial charge is 0.303 e. The second-order valence-corrected chi connectivity index (χ2v) is 10.6. The number of rotatable bonds is 10. The van der Waals surface area contributed by atoms with E-state index in [1.54, 1.807) is 0 Å². The molecule has 0 saturated carbocycles. The molecule has 3 atom stereocenters. The van der Waals surface area contributed by atoms with Gasteiger partial charge < -0.3 is 9.79 Å². The molecule has 4 nitrogen and oxygen atoms in total. The Kier molecular flexibility index (Phi) is 11.8. The van der Waals surface area contributed by atoms with E-state index in [-0.39, 0.29) is 16.3 Å². The molecule has 0 aliphatic carbocycles. The first-order valence-corrected chi connectivity index (χ1v) is 11.9. The second-order valence-electron chi connectivity index (χ2n) is 4.20. The summed E-state index contributed by atoms with van der Waals surface area (Å²) in [6, 6.07) is 0. The van der Waals surface area contributed by atoms with Crippen molar-refractivity contribution in [3.63, 3.8) is 0 Å². The van der Waals surface area contributed by atoms with Crippen LogP contribution in [0.25, 0.3) is 0 Å². The van der Waals surface area contributed by atoms with Gasteiger partial charge in [0.2, 0.25) is 0 Å². The molecule has 0 bridgehead atoms. The van der Waals surface area contributed by atoms with Crippen molar-refractivity contribution in [2.75, 3.05) is 17.3 Å². The normalized spacial score (nSPS) is 17.8. The fraction of sp³-hybridized carbons (Fsp3) is 1.00. The maximum absolute atomic E-state index is 10.8. The standard InChI is InChI=1S/C9H15Br4Cl2O4P/c10-3-6(12)1-9(15,2-7(13)4-11)8(14)5-19-20(16,17)18/h6-8H,1-5H2,(H2,16,17,18)/t6-,7-,8-/m0/s1. The van der Waals surface area contributed by atoms with Gasteiger partial charge in [-0.15, -0.1) is 23.2 Å². The van der Waals surface area contributed by atoms with Gasteiger partial charge in [-0.1, -0.05) is 63.7 Å². The van der Waals surface area contributed by atoms with Gasteiger partial charge >= 0.3 is 7.82 Å². The molecule has 0 fully saturated rings. The number of alkyl halides is 6. The number of phosphoric acid groups is 1. The van der Waals surface area contributed by atoms with Gasteiger partial charge in [0.05, 0.1) is 16.9 Å². The average molecular weight is 609 g/mol. The zero-order valence-electron chi connectivity index (χ0n) is 10.2. The van der Waals surface area contributed by atoms with Crippen molar-refractivity contribution in [1.82, 2.24) is 0 Å². The van der Waals surface area contributed by atoms with Crippen molar-refractivity contribution < 1.29 is 18.9 Å². The quantitative estimate of drug-likeness (QED) is 0.277. The lowest BCUT2D eigenvalue weighted by atomic mass is 9.93. The van der Waals surface area contributed by atoms with E-state index in [1.165, 1.54) is 0 Å². The lowest BCUT2D eigenvalue weighted by Crippen LogP contribution is -2.41. The predicted octanol–water partition coefficient (Wildman–Crippen LogP) is 4.78. The lowest BCUT2D eigenvalue weighted by molar-refractivity contribution is 0.187. The molecule has 0 amide bonds. The highest BCUT2D eigenvalue weighted by molar-refractivity contribution is 9.12. The first-order valence-electron chi connectivity index (χ1n) is 5.47. The van der Waals surface area contributed by atoms with Crippen LogP contribution in [-0.4, -0.2) is 47.0 Å². The van der Waals surface area contributed by atoms with Crippen LogP contribution < -0.4 is 0 Å². The van der Waals surface area contributed by atoms with Gasteiger partial charge in [0.1, 0.15) is 0 Å². The van der Waals surface area contributed by atoms with E-state index in [0.717, 1.165) is 0 Å². The van der Waals surface area contributed by atoms with Crippen molar-refractivity contribution >= 4 is 94.7 Å². The summed E-state index contributed by atoms with van der Waals surface area (Å²) < 4.78 is 15.2. The molecule has 2 N–H and O–H groups in total. The summed E-state index contributed by atoms with van der Waals surface area (Å²) in [6.07, 6.45) is 1.04. The first-order chi connectivity index (χ1) is 9.04. The first kappa shape index (κ1) is 22.6. The minimum absolute atomic E-state index is 0.0892.